The number of nitrogens with one attached hydrogen (secondary N) is 1. The molecule has 0 radical (unpaired) electrons. The monoisotopic (exact) mass is 610 g/mol. The van der Waals surface area contributed by atoms with Gasteiger partial charge >= 0.3 is 5.97 Å². The van der Waals surface area contributed by atoms with Crippen molar-refractivity contribution in [2.75, 3.05) is 20.4 Å². The molecule has 42 heavy (non-hydrogen) atoms. The summed E-state index contributed by atoms with van der Waals surface area (Å²) in [6.45, 7) is 13.3. The van der Waals surface area contributed by atoms with Gasteiger partial charge < -0.3 is 25.0 Å². The zero-order chi connectivity index (χ0) is 33.1. The second-order valence-corrected chi connectivity index (χ2v) is 10.2. The maximum atomic E-state index is 11.7. The molecule has 1 aliphatic carbocycles. The lowest BCUT2D eigenvalue weighted by molar-refractivity contribution is -0.136. The van der Waals surface area contributed by atoms with E-state index in [1.165, 1.54) is 12.1 Å². The van der Waals surface area contributed by atoms with Crippen molar-refractivity contribution in [3.05, 3.63) is 71.9 Å². The van der Waals surface area contributed by atoms with Crippen molar-refractivity contribution in [3.63, 3.8) is 0 Å². The predicted molar refractivity (Wildman–Crippen MR) is 170 cm³/mol. The van der Waals surface area contributed by atoms with Gasteiger partial charge in [-0.15, -0.1) is 0 Å². The summed E-state index contributed by atoms with van der Waals surface area (Å²) in [5, 5.41) is 17.3. The van der Waals surface area contributed by atoms with E-state index in [4.69, 9.17) is 19.7 Å². The Balaban J connectivity index is -0.000000844. The summed E-state index contributed by atoms with van der Waals surface area (Å²) in [6.07, 6.45) is 13.1. The minimum absolute atomic E-state index is 0.0143. The summed E-state index contributed by atoms with van der Waals surface area (Å²) in [6, 6.07) is 6.19. The highest BCUT2D eigenvalue weighted by molar-refractivity contribution is 7.90. The fourth-order valence-electron chi connectivity index (χ4n) is 2.64. The van der Waals surface area contributed by atoms with Gasteiger partial charge in [0.15, 0.2) is 9.84 Å². The number of rotatable bonds is 9. The molecule has 3 N–H and O–H groups in total. The number of aliphatic imine (C=N–C) groups is 1. The quantitative estimate of drug-likeness (QED) is 0.294. The summed E-state index contributed by atoms with van der Waals surface area (Å²) in [5.74, 6) is 0.906. The number of carbonyl (C=O) groups excluding carboxylic acids is 1. The number of aliphatic carboxylic acids is 1. The lowest BCUT2D eigenvalue weighted by Crippen LogP contribution is -2.17. The normalized spacial score (nSPS) is 12.2. The van der Waals surface area contributed by atoms with Crippen LogP contribution in [0.1, 0.15) is 67.7 Å². The fourth-order valence-corrected chi connectivity index (χ4v) is 3.27. The van der Waals surface area contributed by atoms with Crippen molar-refractivity contribution >= 4 is 27.9 Å². The van der Waals surface area contributed by atoms with Gasteiger partial charge in [0.25, 0.3) is 0 Å². The van der Waals surface area contributed by atoms with Gasteiger partial charge in [-0.1, -0.05) is 32.9 Å². The molecule has 0 spiro atoms. The number of carboxylic acids is 1. The maximum Gasteiger partial charge on any atom is 0.303 e. The van der Waals surface area contributed by atoms with Gasteiger partial charge in [0.2, 0.25) is 5.91 Å². The van der Waals surface area contributed by atoms with E-state index >= 15 is 0 Å². The first-order valence-electron chi connectivity index (χ1n) is 13.6. The molecule has 0 unspecified atom stereocenters. The zero-order valence-corrected chi connectivity index (χ0v) is 27.5. The van der Waals surface area contributed by atoms with Crippen LogP contribution in [0.15, 0.2) is 81.7 Å². The Hall–Kier alpha value is -3.70. The highest BCUT2D eigenvalue weighted by Gasteiger charge is 2.13. The smallest absolute Gasteiger partial charge is 0.303 e. The highest BCUT2D eigenvalue weighted by Crippen LogP contribution is 2.24. The minimum atomic E-state index is -3.26. The summed E-state index contributed by atoms with van der Waals surface area (Å²) in [5.41, 5.74) is 0.815. The molecular formula is C31H50N2O8S. The van der Waals surface area contributed by atoms with E-state index in [0.717, 1.165) is 24.7 Å². The van der Waals surface area contributed by atoms with Crippen molar-refractivity contribution in [2.24, 2.45) is 4.99 Å². The summed E-state index contributed by atoms with van der Waals surface area (Å²) >= 11 is 0. The molecule has 1 amide bonds. The number of benzene rings is 1. The minimum Gasteiger partial charge on any atom is -0.495 e. The number of hydrogen-bond acceptors (Lipinski definition) is 8. The molecule has 0 saturated heterocycles. The molecule has 0 atom stereocenters. The van der Waals surface area contributed by atoms with Crippen LogP contribution in [0.3, 0.4) is 0 Å². The Kier molecular flexibility index (Phi) is 26.7. The van der Waals surface area contributed by atoms with Crippen LogP contribution in [0.2, 0.25) is 0 Å². The Labute approximate surface area is 252 Å². The number of carboxylic acid groups (broad SMARTS) is 1. The molecule has 0 aliphatic heterocycles. The third kappa shape index (κ3) is 23.0. The summed E-state index contributed by atoms with van der Waals surface area (Å²) in [7, 11) is -0.669. The Bertz CT molecular complexity index is 1140. The van der Waals surface area contributed by atoms with Crippen molar-refractivity contribution in [2.45, 2.75) is 78.7 Å². The van der Waals surface area contributed by atoms with Gasteiger partial charge in [0.1, 0.15) is 17.3 Å². The average Bonchev–Trinajstić information content (AvgIpc) is 3.14. The van der Waals surface area contributed by atoms with Crippen molar-refractivity contribution < 1.29 is 37.7 Å². The predicted octanol–water partition coefficient (Wildman–Crippen LogP) is 5.85. The van der Waals surface area contributed by atoms with E-state index in [-0.39, 0.29) is 29.7 Å². The number of aliphatic hydroxyl groups excluding tert-OH is 1. The van der Waals surface area contributed by atoms with Crippen LogP contribution >= 0.6 is 0 Å². The summed E-state index contributed by atoms with van der Waals surface area (Å²) in [4.78, 5) is 25.1. The molecule has 0 saturated carbocycles. The van der Waals surface area contributed by atoms with E-state index < -0.39 is 15.8 Å². The van der Waals surface area contributed by atoms with Crippen molar-refractivity contribution in [3.8, 4) is 5.75 Å². The number of nitrogens with zero attached hydrogens (tertiary/aromatic N) is 1. The number of carbonyl (C=O) groups is 2. The number of amides is 1. The lowest BCUT2D eigenvalue weighted by Gasteiger charge is -2.13. The van der Waals surface area contributed by atoms with Gasteiger partial charge in [-0.3, -0.25) is 14.6 Å². The van der Waals surface area contributed by atoms with Crippen LogP contribution in [-0.4, -0.2) is 63.2 Å². The van der Waals surface area contributed by atoms with Crippen LogP contribution in [-0.2, 0) is 24.2 Å². The second-order valence-electron chi connectivity index (χ2n) is 8.14. The second kappa shape index (κ2) is 26.2. The van der Waals surface area contributed by atoms with Crippen LogP contribution in [0.4, 0.5) is 0 Å². The topological polar surface area (TPSA) is 152 Å². The Morgan fingerprint density at radius 3 is 2.02 bits per heavy atom. The summed E-state index contributed by atoms with van der Waals surface area (Å²) < 4.78 is 34.8. The van der Waals surface area contributed by atoms with E-state index in [1.54, 1.807) is 50.7 Å². The van der Waals surface area contributed by atoms with Crippen LogP contribution in [0.25, 0.3) is 0 Å². The number of ether oxygens (including phenoxy) is 2. The van der Waals surface area contributed by atoms with Gasteiger partial charge in [0, 0.05) is 51.7 Å². The van der Waals surface area contributed by atoms with Gasteiger partial charge in [0.05, 0.1) is 17.4 Å². The molecule has 238 valence electrons. The largest absolute Gasteiger partial charge is 0.495 e. The molecule has 0 aromatic heterocycles. The molecule has 2 rings (SSSR count). The standard InChI is InChI=1S/C20H25NO5S.C5H9N.C3H6O2.C2H6.CH4O/c1-14(2)25-17-6-5-15(12-20(22)21-3)11-18(13-17)26-16-7-9-19(10-8-16)27(4,23)24;1-3-5-6-4-2;1-2-3(4)5;2*1-2/h5,7-11,13-14H,6,12H2,1-4H3,(H,21,22);3-5H,1-2H3;2H2,1H3,(H,4,5);1-2H3;2H,1H3/b;5-3-,6-4?;;;. The Morgan fingerprint density at radius 2 is 1.64 bits per heavy atom. The molecule has 0 fully saturated rings. The van der Waals surface area contributed by atoms with Gasteiger partial charge in [-0.2, -0.15) is 0 Å². The SMILES string of the molecule is CC.CC=N/C=C\C.CCC(=O)O.CNC(=O)CC1=CCC(OC(C)C)=CC(Oc2ccc(S(C)(=O)=O)cc2)=C1.CO. The molecule has 0 heterocycles. The highest BCUT2D eigenvalue weighted by atomic mass is 32.2. The van der Waals surface area contributed by atoms with E-state index in [0.29, 0.717) is 17.9 Å². The maximum absolute atomic E-state index is 11.7. The zero-order valence-electron chi connectivity index (χ0n) is 26.7. The van der Waals surface area contributed by atoms with E-state index in [2.05, 4.69) is 10.3 Å². The average molecular weight is 611 g/mol. The Morgan fingerprint density at radius 1 is 1.10 bits per heavy atom. The molecule has 0 bridgehead atoms. The molecule has 10 nitrogen and oxygen atoms in total. The fraction of sp³-hybridized carbons (Fsp3) is 0.452. The van der Waals surface area contributed by atoms with Crippen molar-refractivity contribution in [1.82, 2.24) is 5.32 Å². The number of allylic oxidation sites excluding steroid dienone is 4. The lowest BCUT2D eigenvalue weighted by atomic mass is 10.1. The molecule has 11 heteroatoms. The molecule has 1 aliphatic rings. The number of hydrogen-bond donors (Lipinski definition) is 3. The number of aliphatic hydroxyl groups is 1. The first-order valence-corrected chi connectivity index (χ1v) is 15.5. The molecule has 1 aromatic rings. The van der Waals surface area contributed by atoms with Gasteiger partial charge in [-0.25, -0.2) is 8.42 Å². The third-order valence-corrected chi connectivity index (χ3v) is 5.53. The molecular weight excluding hydrogens is 560 g/mol. The molecule has 1 aromatic carbocycles. The first-order chi connectivity index (χ1) is 19.9. The van der Waals surface area contributed by atoms with Gasteiger partial charge in [-0.05, 0) is 63.6 Å². The number of sulfone groups is 1. The van der Waals surface area contributed by atoms with Crippen molar-refractivity contribution in [1.29, 1.82) is 0 Å². The van der Waals surface area contributed by atoms with Crippen LogP contribution in [0.5, 0.6) is 5.75 Å². The van der Waals surface area contributed by atoms with E-state index in [1.807, 2.05) is 53.7 Å². The third-order valence-electron chi connectivity index (χ3n) is 4.40. The van der Waals surface area contributed by atoms with E-state index in [9.17, 15) is 18.0 Å². The van der Waals surface area contributed by atoms with Crippen LogP contribution in [0, 0.1) is 0 Å². The van der Waals surface area contributed by atoms with Crippen LogP contribution < -0.4 is 10.1 Å². The first kappa shape index (κ1) is 42.8.